The van der Waals surface area contributed by atoms with Gasteiger partial charge in [0.25, 0.3) is 0 Å². The predicted molar refractivity (Wildman–Crippen MR) is 110 cm³/mol. The summed E-state index contributed by atoms with van der Waals surface area (Å²) < 4.78 is 33.5. The lowest BCUT2D eigenvalue weighted by atomic mass is 10.0. The van der Waals surface area contributed by atoms with Crippen molar-refractivity contribution in [2.75, 3.05) is 6.54 Å². The van der Waals surface area contributed by atoms with Gasteiger partial charge in [0.1, 0.15) is 11.8 Å². The number of sulfonamides is 1. The highest BCUT2D eigenvalue weighted by Crippen LogP contribution is 2.34. The van der Waals surface area contributed by atoms with Gasteiger partial charge in [-0.3, -0.25) is 0 Å². The van der Waals surface area contributed by atoms with E-state index in [9.17, 15) is 13.2 Å². The van der Waals surface area contributed by atoms with Crippen molar-refractivity contribution >= 4 is 33.2 Å². The minimum Gasteiger partial charge on any atom is -0.425 e. The van der Waals surface area contributed by atoms with Crippen LogP contribution in [0, 0.1) is 5.92 Å². The molecule has 0 radical (unpaired) electrons. The van der Waals surface area contributed by atoms with Crippen LogP contribution in [-0.4, -0.2) is 31.3 Å². The van der Waals surface area contributed by atoms with Crippen LogP contribution in [0.5, 0.6) is 5.75 Å². The summed E-state index contributed by atoms with van der Waals surface area (Å²) in [7, 11) is -3.90. The van der Waals surface area contributed by atoms with E-state index < -0.39 is 22.0 Å². The topological polar surface area (TPSA) is 63.7 Å². The second kappa shape index (κ2) is 8.07. The third kappa shape index (κ3) is 3.99. The van der Waals surface area contributed by atoms with Crippen molar-refractivity contribution in [2.45, 2.75) is 31.2 Å². The van der Waals surface area contributed by atoms with E-state index in [4.69, 9.17) is 16.3 Å². The van der Waals surface area contributed by atoms with Gasteiger partial charge in [-0.05, 0) is 47.7 Å². The maximum atomic E-state index is 13.4. The molecular formula is C21H22ClNO4S. The summed E-state index contributed by atoms with van der Waals surface area (Å²) in [6, 6.07) is 12.2. The molecule has 1 atom stereocenters. The summed E-state index contributed by atoms with van der Waals surface area (Å²) in [5.41, 5.74) is 1.32. The van der Waals surface area contributed by atoms with Crippen molar-refractivity contribution < 1.29 is 17.9 Å². The summed E-state index contributed by atoms with van der Waals surface area (Å²) >= 11 is 5.95. The molecule has 0 unspecified atom stereocenters. The van der Waals surface area contributed by atoms with Gasteiger partial charge in [-0.1, -0.05) is 56.3 Å². The minimum absolute atomic E-state index is 0.156. The number of carbonyl (C=O) groups is 1. The lowest BCUT2D eigenvalue weighted by Crippen LogP contribution is -2.49. The Hall–Kier alpha value is -2.15. The second-order valence-corrected chi connectivity index (χ2v) is 9.33. The third-order valence-electron chi connectivity index (χ3n) is 4.69. The average Bonchev–Trinajstić information content (AvgIpc) is 2.72. The Labute approximate surface area is 170 Å². The molecule has 7 heteroatoms. The Bertz CT molecular complexity index is 1020. The number of nitrogens with zero attached hydrogens (tertiary/aromatic N) is 1. The summed E-state index contributed by atoms with van der Waals surface area (Å²) in [6.45, 7) is 7.77. The van der Waals surface area contributed by atoms with Gasteiger partial charge in [0.05, 0.1) is 4.90 Å². The van der Waals surface area contributed by atoms with Gasteiger partial charge >= 0.3 is 5.97 Å². The lowest BCUT2D eigenvalue weighted by Gasteiger charge is -2.30. The Morgan fingerprint density at radius 3 is 2.57 bits per heavy atom. The number of ether oxygens (including phenoxy) is 1. The number of rotatable bonds is 4. The third-order valence-corrected chi connectivity index (χ3v) is 6.86. The molecule has 0 saturated heterocycles. The SMILES string of the molecule is C=C1CCN([C@@H](C(=O)Oc2cccc(Cl)c2)C(C)C)S(=O)(=O)c2ccccc21. The lowest BCUT2D eigenvalue weighted by molar-refractivity contribution is -0.140. The van der Waals surface area contributed by atoms with Gasteiger partial charge in [0.15, 0.2) is 0 Å². The molecule has 0 bridgehead atoms. The number of hydrogen-bond donors (Lipinski definition) is 0. The van der Waals surface area contributed by atoms with E-state index in [2.05, 4.69) is 6.58 Å². The molecule has 0 fully saturated rings. The normalized spacial score (nSPS) is 17.6. The quantitative estimate of drug-likeness (QED) is 0.545. The van der Waals surface area contributed by atoms with Crippen LogP contribution in [0.1, 0.15) is 25.8 Å². The van der Waals surface area contributed by atoms with E-state index in [-0.39, 0.29) is 23.1 Å². The van der Waals surface area contributed by atoms with Crippen molar-refractivity contribution in [1.82, 2.24) is 4.31 Å². The molecule has 0 saturated carbocycles. The molecule has 0 aliphatic carbocycles. The van der Waals surface area contributed by atoms with Crippen LogP contribution in [0.3, 0.4) is 0 Å². The van der Waals surface area contributed by atoms with Gasteiger partial charge in [0.2, 0.25) is 10.0 Å². The van der Waals surface area contributed by atoms with E-state index >= 15 is 0 Å². The number of hydrogen-bond acceptors (Lipinski definition) is 4. The highest BCUT2D eigenvalue weighted by Gasteiger charge is 2.41. The fourth-order valence-corrected chi connectivity index (χ4v) is 5.46. The van der Waals surface area contributed by atoms with Crippen molar-refractivity contribution in [3.63, 3.8) is 0 Å². The Balaban J connectivity index is 2.00. The summed E-state index contributed by atoms with van der Waals surface area (Å²) in [6.07, 6.45) is 0.434. The fourth-order valence-electron chi connectivity index (χ4n) is 3.33. The maximum Gasteiger partial charge on any atom is 0.330 e. The molecule has 1 aliphatic heterocycles. The highest BCUT2D eigenvalue weighted by molar-refractivity contribution is 7.89. The molecule has 0 spiro atoms. The van der Waals surface area contributed by atoms with Gasteiger partial charge in [-0.25, -0.2) is 13.2 Å². The molecular weight excluding hydrogens is 398 g/mol. The van der Waals surface area contributed by atoms with Crippen LogP contribution < -0.4 is 4.74 Å². The zero-order chi connectivity index (χ0) is 20.5. The van der Waals surface area contributed by atoms with E-state index in [0.717, 1.165) is 5.57 Å². The first kappa shape index (κ1) is 20.6. The molecule has 3 rings (SSSR count). The van der Waals surface area contributed by atoms with E-state index in [0.29, 0.717) is 17.0 Å². The van der Waals surface area contributed by atoms with Gasteiger partial charge < -0.3 is 4.74 Å². The van der Waals surface area contributed by atoms with Crippen molar-refractivity contribution in [3.8, 4) is 5.75 Å². The maximum absolute atomic E-state index is 13.4. The molecule has 2 aromatic carbocycles. The Morgan fingerprint density at radius 1 is 1.18 bits per heavy atom. The van der Waals surface area contributed by atoms with Crippen LogP contribution in [0.2, 0.25) is 5.02 Å². The van der Waals surface area contributed by atoms with Crippen LogP contribution in [0.4, 0.5) is 0 Å². The zero-order valence-electron chi connectivity index (χ0n) is 15.8. The number of fused-ring (bicyclic) bond motifs is 1. The summed E-state index contributed by atoms with van der Waals surface area (Å²) in [5, 5.41) is 0.430. The van der Waals surface area contributed by atoms with Crippen LogP contribution >= 0.6 is 11.6 Å². The molecule has 28 heavy (non-hydrogen) atoms. The fraction of sp³-hybridized carbons (Fsp3) is 0.286. The molecule has 148 valence electrons. The van der Waals surface area contributed by atoms with Crippen LogP contribution in [-0.2, 0) is 14.8 Å². The molecule has 0 amide bonds. The van der Waals surface area contributed by atoms with Crippen LogP contribution in [0.25, 0.3) is 5.57 Å². The first-order chi connectivity index (χ1) is 13.2. The number of carbonyl (C=O) groups excluding carboxylic acids is 1. The number of halogens is 1. The molecule has 0 N–H and O–H groups in total. The Morgan fingerprint density at radius 2 is 1.89 bits per heavy atom. The smallest absolute Gasteiger partial charge is 0.330 e. The number of benzene rings is 2. The predicted octanol–water partition coefficient (Wildman–Crippen LogP) is 4.38. The standard InChI is InChI=1S/C21H22ClNO4S/c1-14(2)20(21(24)27-17-8-6-7-16(22)13-17)23-12-11-15(3)18-9-4-5-10-19(18)28(23,25)26/h4-10,13-14,20H,3,11-12H2,1-2H3/t20-/m1/s1. The van der Waals surface area contributed by atoms with Crippen molar-refractivity contribution in [2.24, 2.45) is 5.92 Å². The van der Waals surface area contributed by atoms with Crippen LogP contribution in [0.15, 0.2) is 60.0 Å². The Kier molecular flexibility index (Phi) is 5.93. The molecule has 1 heterocycles. The van der Waals surface area contributed by atoms with Gasteiger partial charge in [0, 0.05) is 11.6 Å². The second-order valence-electron chi connectivity index (χ2n) is 7.03. The van der Waals surface area contributed by atoms with Gasteiger partial charge in [-0.15, -0.1) is 0 Å². The van der Waals surface area contributed by atoms with E-state index in [1.807, 2.05) is 0 Å². The first-order valence-corrected chi connectivity index (χ1v) is 10.8. The monoisotopic (exact) mass is 419 g/mol. The molecule has 2 aromatic rings. The zero-order valence-corrected chi connectivity index (χ0v) is 17.3. The summed E-state index contributed by atoms with van der Waals surface area (Å²) in [5.74, 6) is -0.647. The largest absolute Gasteiger partial charge is 0.425 e. The van der Waals surface area contributed by atoms with E-state index in [1.54, 1.807) is 56.3 Å². The molecule has 0 aromatic heterocycles. The summed E-state index contributed by atoms with van der Waals surface area (Å²) in [4.78, 5) is 13.1. The van der Waals surface area contributed by atoms with Crippen molar-refractivity contribution in [1.29, 1.82) is 0 Å². The van der Waals surface area contributed by atoms with Crippen molar-refractivity contribution in [3.05, 3.63) is 65.7 Å². The van der Waals surface area contributed by atoms with Gasteiger partial charge in [-0.2, -0.15) is 4.31 Å². The average molecular weight is 420 g/mol. The molecule has 5 nitrogen and oxygen atoms in total. The van der Waals surface area contributed by atoms with E-state index in [1.165, 1.54) is 10.4 Å². The highest BCUT2D eigenvalue weighted by atomic mass is 35.5. The molecule has 1 aliphatic rings. The minimum atomic E-state index is -3.90. The first-order valence-electron chi connectivity index (χ1n) is 8.98. The number of esters is 1.